The first-order chi connectivity index (χ1) is 16.9. The molecule has 3 aliphatic carbocycles. The number of hydrogen-bond donors (Lipinski definition) is 0. The van der Waals surface area contributed by atoms with E-state index in [4.69, 9.17) is 4.74 Å². The molecular weight excluding hydrogens is 488 g/mol. The number of amides is 1. The molecule has 0 unspecified atom stereocenters. The summed E-state index contributed by atoms with van der Waals surface area (Å²) in [6, 6.07) is 6.30. The molecule has 2 bridgehead atoms. The van der Waals surface area contributed by atoms with Crippen molar-refractivity contribution in [3.05, 3.63) is 48.3 Å². The fraction of sp³-hybridized carbons (Fsp3) is 0.520. The lowest BCUT2D eigenvalue weighted by molar-refractivity contribution is -0.353. The van der Waals surface area contributed by atoms with Gasteiger partial charge >= 0.3 is 12.4 Å². The van der Waals surface area contributed by atoms with Crippen LogP contribution in [0.15, 0.2) is 42.7 Å². The molecule has 1 saturated heterocycles. The first kappa shape index (κ1) is 24.7. The van der Waals surface area contributed by atoms with E-state index in [-0.39, 0.29) is 31.2 Å². The topological polar surface area (TPSA) is 45.7 Å². The van der Waals surface area contributed by atoms with Gasteiger partial charge in [-0.3, -0.25) is 9.78 Å². The Kier molecular flexibility index (Phi) is 5.68. The third-order valence-electron chi connectivity index (χ3n) is 7.92. The van der Waals surface area contributed by atoms with Crippen LogP contribution in [0.25, 0.3) is 0 Å². The van der Waals surface area contributed by atoms with Gasteiger partial charge in [-0.15, -0.1) is 0 Å². The van der Waals surface area contributed by atoms with Gasteiger partial charge < -0.3 is 14.5 Å². The molecule has 36 heavy (non-hydrogen) atoms. The first-order valence-electron chi connectivity index (χ1n) is 11.7. The molecule has 6 rings (SSSR count). The van der Waals surface area contributed by atoms with Crippen molar-refractivity contribution in [3.8, 4) is 5.75 Å². The maximum atomic E-state index is 13.2. The Morgan fingerprint density at radius 2 is 1.64 bits per heavy atom. The lowest BCUT2D eigenvalue weighted by Gasteiger charge is -2.69. The van der Waals surface area contributed by atoms with Gasteiger partial charge in [-0.25, -0.2) is 0 Å². The highest BCUT2D eigenvalue weighted by Crippen LogP contribution is 2.78. The number of benzene rings is 1. The number of carbonyl (C=O) groups is 1. The summed E-state index contributed by atoms with van der Waals surface area (Å²) >= 11 is 0. The largest absolute Gasteiger partial charge is 0.494 e. The predicted octanol–water partition coefficient (Wildman–Crippen LogP) is 5.97. The van der Waals surface area contributed by atoms with E-state index in [9.17, 15) is 31.1 Å². The van der Waals surface area contributed by atoms with Crippen LogP contribution in [-0.4, -0.2) is 48.2 Å². The molecule has 0 radical (unpaired) electrons. The SMILES string of the molecule is COc1ccncc1N(c1ccc(C(F)(F)F)cc1)C1CCN(C(=O)C23CC(C(F)(F)F)(C2)C3)CC1. The number of alkyl halides is 6. The number of aromatic nitrogens is 1. The van der Waals surface area contributed by atoms with Gasteiger partial charge in [-0.1, -0.05) is 0 Å². The molecule has 11 heteroatoms. The average Bonchev–Trinajstić information content (AvgIpc) is 2.77. The van der Waals surface area contributed by atoms with E-state index in [1.165, 1.54) is 19.2 Å². The maximum absolute atomic E-state index is 13.2. The van der Waals surface area contributed by atoms with Gasteiger partial charge in [0.05, 0.1) is 29.7 Å². The van der Waals surface area contributed by atoms with Crippen LogP contribution < -0.4 is 9.64 Å². The summed E-state index contributed by atoms with van der Waals surface area (Å²) in [7, 11) is 1.49. The van der Waals surface area contributed by atoms with Crippen LogP contribution in [0.3, 0.4) is 0 Å². The molecule has 3 saturated carbocycles. The van der Waals surface area contributed by atoms with Crippen LogP contribution in [0.5, 0.6) is 5.75 Å². The Bertz CT molecular complexity index is 1120. The highest BCUT2D eigenvalue weighted by molar-refractivity contribution is 5.87. The third kappa shape index (κ3) is 3.87. The molecule has 2 aromatic rings. The van der Waals surface area contributed by atoms with Crippen molar-refractivity contribution in [2.24, 2.45) is 10.8 Å². The number of carbonyl (C=O) groups excluding carboxylic acids is 1. The number of ether oxygens (including phenoxy) is 1. The van der Waals surface area contributed by atoms with Crippen LogP contribution >= 0.6 is 0 Å². The predicted molar refractivity (Wildman–Crippen MR) is 119 cm³/mol. The molecule has 0 N–H and O–H groups in total. The summed E-state index contributed by atoms with van der Waals surface area (Å²) in [5.74, 6) is 0.279. The lowest BCUT2D eigenvalue weighted by atomic mass is 9.34. The number of piperidine rings is 1. The van der Waals surface area contributed by atoms with Crippen LogP contribution in [0.4, 0.5) is 37.7 Å². The zero-order chi connectivity index (χ0) is 25.9. The van der Waals surface area contributed by atoms with Crippen molar-refractivity contribution in [1.82, 2.24) is 9.88 Å². The molecule has 4 fully saturated rings. The Hall–Kier alpha value is -2.98. The van der Waals surface area contributed by atoms with Gasteiger partial charge in [0.25, 0.3) is 0 Å². The van der Waals surface area contributed by atoms with Gasteiger partial charge in [0.2, 0.25) is 5.91 Å². The van der Waals surface area contributed by atoms with Crippen molar-refractivity contribution >= 4 is 17.3 Å². The second-order valence-corrected chi connectivity index (χ2v) is 10.1. The Morgan fingerprint density at radius 1 is 1.03 bits per heavy atom. The first-order valence-corrected chi connectivity index (χ1v) is 11.7. The molecule has 4 aliphatic rings. The maximum Gasteiger partial charge on any atom is 0.416 e. The summed E-state index contributed by atoms with van der Waals surface area (Å²) < 4.78 is 84.4. The van der Waals surface area contributed by atoms with Crippen LogP contribution in [0.2, 0.25) is 0 Å². The molecule has 2 heterocycles. The van der Waals surface area contributed by atoms with E-state index in [0.29, 0.717) is 43.1 Å². The molecular formula is C25H25F6N3O2. The fourth-order valence-corrected chi connectivity index (χ4v) is 6.06. The zero-order valence-electron chi connectivity index (χ0n) is 19.5. The van der Waals surface area contributed by atoms with E-state index < -0.39 is 28.7 Å². The zero-order valence-corrected chi connectivity index (χ0v) is 19.5. The summed E-state index contributed by atoms with van der Waals surface area (Å²) in [4.78, 5) is 20.7. The molecule has 5 nitrogen and oxygen atoms in total. The van der Waals surface area contributed by atoms with Crippen molar-refractivity contribution in [2.75, 3.05) is 25.1 Å². The van der Waals surface area contributed by atoms with E-state index >= 15 is 0 Å². The summed E-state index contributed by atoms with van der Waals surface area (Å²) in [5, 5.41) is 0. The minimum atomic E-state index is -4.47. The molecule has 1 aliphatic heterocycles. The highest BCUT2D eigenvalue weighted by atomic mass is 19.4. The molecule has 194 valence electrons. The second-order valence-electron chi connectivity index (χ2n) is 10.1. The third-order valence-corrected chi connectivity index (χ3v) is 7.92. The van der Waals surface area contributed by atoms with Crippen molar-refractivity contribution in [3.63, 3.8) is 0 Å². The Labute approximate surface area is 204 Å². The standard InChI is InChI=1S/C25H25F6N3O2/c1-36-20-6-9-32-12-19(20)34(17-4-2-16(3-5-17)24(26,27)28)18-7-10-33(11-8-18)21(35)22-13-23(14-22,15-22)25(29,30)31/h2-6,9,12,18H,7-8,10-11,13-15H2,1H3. The Balaban J connectivity index is 1.34. The van der Waals surface area contributed by atoms with E-state index in [1.54, 1.807) is 23.4 Å². The van der Waals surface area contributed by atoms with E-state index in [2.05, 4.69) is 4.98 Å². The van der Waals surface area contributed by atoms with Gasteiger partial charge in [0, 0.05) is 37.1 Å². The van der Waals surface area contributed by atoms with Gasteiger partial charge in [0.1, 0.15) is 11.4 Å². The number of halogens is 6. The number of likely N-dealkylation sites (tertiary alicyclic amines) is 1. The number of pyridine rings is 1. The minimum Gasteiger partial charge on any atom is -0.494 e. The smallest absolute Gasteiger partial charge is 0.416 e. The minimum absolute atomic E-state index is 0.132. The molecule has 0 spiro atoms. The second kappa shape index (κ2) is 8.27. The normalized spacial score (nSPS) is 26.1. The van der Waals surface area contributed by atoms with E-state index in [1.807, 2.05) is 4.90 Å². The molecule has 0 atom stereocenters. The number of anilines is 2. The molecule has 1 aromatic heterocycles. The summed E-state index contributed by atoms with van der Waals surface area (Å²) in [6.07, 6.45) is -5.03. The summed E-state index contributed by atoms with van der Waals surface area (Å²) in [6.45, 7) is 0.702. The van der Waals surface area contributed by atoms with Gasteiger partial charge in [-0.05, 0) is 56.4 Å². The number of methoxy groups -OCH3 is 1. The van der Waals surface area contributed by atoms with Crippen LogP contribution in [0.1, 0.15) is 37.7 Å². The van der Waals surface area contributed by atoms with Crippen molar-refractivity contribution in [1.29, 1.82) is 0 Å². The fourth-order valence-electron chi connectivity index (χ4n) is 6.06. The molecule has 1 amide bonds. The molecule has 1 aromatic carbocycles. The van der Waals surface area contributed by atoms with E-state index in [0.717, 1.165) is 12.1 Å². The van der Waals surface area contributed by atoms with Crippen molar-refractivity contribution < 1.29 is 35.9 Å². The quantitative estimate of drug-likeness (QED) is 0.462. The number of rotatable bonds is 5. The van der Waals surface area contributed by atoms with Crippen LogP contribution in [-0.2, 0) is 11.0 Å². The van der Waals surface area contributed by atoms with Crippen molar-refractivity contribution in [2.45, 2.75) is 50.5 Å². The number of hydrogen-bond acceptors (Lipinski definition) is 4. The average molecular weight is 513 g/mol. The van der Waals surface area contributed by atoms with Gasteiger partial charge in [-0.2, -0.15) is 26.3 Å². The number of nitrogens with zero attached hydrogens (tertiary/aromatic N) is 3. The Morgan fingerprint density at radius 3 is 2.17 bits per heavy atom. The highest BCUT2D eigenvalue weighted by Gasteiger charge is 2.81. The van der Waals surface area contributed by atoms with Gasteiger partial charge in [0.15, 0.2) is 0 Å². The lowest BCUT2D eigenvalue weighted by Crippen LogP contribution is -2.73. The van der Waals surface area contributed by atoms with Crippen LogP contribution in [0, 0.1) is 10.8 Å². The monoisotopic (exact) mass is 513 g/mol. The summed E-state index contributed by atoms with van der Waals surface area (Å²) in [5.41, 5.74) is -2.24.